The van der Waals surface area contributed by atoms with E-state index in [0.29, 0.717) is 0 Å². The molecule has 0 aromatic heterocycles. The highest BCUT2D eigenvalue weighted by molar-refractivity contribution is 9.10. The highest BCUT2D eigenvalue weighted by Crippen LogP contribution is 2.53. The summed E-state index contributed by atoms with van der Waals surface area (Å²) in [5.41, 5.74) is 1.22. The second-order valence-corrected chi connectivity index (χ2v) is 5.27. The summed E-state index contributed by atoms with van der Waals surface area (Å²) in [7, 11) is 3.87. The number of nitrogens with zero attached hydrogens (tertiary/aromatic N) is 1. The summed E-state index contributed by atoms with van der Waals surface area (Å²) in [6, 6.07) is 5.80. The molecule has 1 fully saturated rings. The minimum absolute atomic E-state index is 0.667. The van der Waals surface area contributed by atoms with Crippen molar-refractivity contribution in [2.75, 3.05) is 19.0 Å². The van der Waals surface area contributed by atoms with Gasteiger partial charge in [-0.15, -0.1) is 0 Å². The number of carboxylic acids is 1. The normalized spacial score (nSPS) is 16.9. The van der Waals surface area contributed by atoms with Gasteiger partial charge in [-0.1, -0.05) is 22.0 Å². The number of benzene rings is 1. The molecule has 1 saturated carbocycles. The molecule has 0 bridgehead atoms. The van der Waals surface area contributed by atoms with Gasteiger partial charge in [0.2, 0.25) is 0 Å². The van der Waals surface area contributed by atoms with Crippen LogP contribution >= 0.6 is 15.9 Å². The van der Waals surface area contributed by atoms with E-state index < -0.39 is 11.4 Å². The van der Waals surface area contributed by atoms with Crippen LogP contribution in [0.4, 0.5) is 5.69 Å². The molecule has 3 nitrogen and oxygen atoms in total. The molecule has 1 aliphatic carbocycles. The second kappa shape index (κ2) is 3.77. The van der Waals surface area contributed by atoms with Gasteiger partial charge in [-0.2, -0.15) is 0 Å². The number of hydrogen-bond acceptors (Lipinski definition) is 2. The number of carbonyl (C=O) groups is 1. The van der Waals surface area contributed by atoms with E-state index in [2.05, 4.69) is 15.9 Å². The number of anilines is 1. The summed E-state index contributed by atoms with van der Waals surface area (Å²) in [5, 5.41) is 9.35. The van der Waals surface area contributed by atoms with Crippen LogP contribution in [0, 0.1) is 0 Å². The molecule has 0 saturated heterocycles. The van der Waals surface area contributed by atoms with E-state index in [9.17, 15) is 9.90 Å². The van der Waals surface area contributed by atoms with Crippen molar-refractivity contribution in [3.05, 3.63) is 28.2 Å². The minimum atomic E-state index is -0.720. The Morgan fingerprint density at radius 3 is 2.50 bits per heavy atom. The minimum Gasteiger partial charge on any atom is -0.481 e. The van der Waals surface area contributed by atoms with Gasteiger partial charge in [-0.3, -0.25) is 4.79 Å². The molecule has 0 spiro atoms. The van der Waals surface area contributed by atoms with E-state index in [1.807, 2.05) is 37.2 Å². The molecule has 2 rings (SSSR count). The van der Waals surface area contributed by atoms with Crippen LogP contribution in [-0.4, -0.2) is 25.2 Å². The Kier molecular flexibility index (Phi) is 2.70. The molecule has 1 aliphatic rings. The van der Waals surface area contributed by atoms with E-state index >= 15 is 0 Å². The standard InChI is InChI=1S/C12H14BrNO2/c1-14(2)9-5-3-4-8(13)10(9)12(6-7-12)11(15)16/h3-5H,6-7H2,1-2H3,(H,15,16). The lowest BCUT2D eigenvalue weighted by Crippen LogP contribution is -2.24. The number of hydrogen-bond donors (Lipinski definition) is 1. The van der Waals surface area contributed by atoms with Gasteiger partial charge >= 0.3 is 5.97 Å². The summed E-state index contributed by atoms with van der Waals surface area (Å²) in [4.78, 5) is 13.3. The van der Waals surface area contributed by atoms with Gasteiger partial charge in [0.1, 0.15) is 0 Å². The molecule has 1 aromatic rings. The number of halogens is 1. The summed E-state index contributed by atoms with van der Waals surface area (Å²) in [6.07, 6.45) is 1.46. The van der Waals surface area contributed by atoms with Crippen LogP contribution in [0.25, 0.3) is 0 Å². The first-order valence-electron chi connectivity index (χ1n) is 5.19. The first-order chi connectivity index (χ1) is 7.49. The fraction of sp³-hybridized carbons (Fsp3) is 0.417. The Morgan fingerprint density at radius 2 is 2.06 bits per heavy atom. The van der Waals surface area contributed by atoms with Crippen LogP contribution in [0.5, 0.6) is 0 Å². The van der Waals surface area contributed by atoms with E-state index in [4.69, 9.17) is 0 Å². The van der Waals surface area contributed by atoms with Crippen LogP contribution in [0.15, 0.2) is 22.7 Å². The molecule has 0 aliphatic heterocycles. The summed E-state index contributed by atoms with van der Waals surface area (Å²) < 4.78 is 0.888. The highest BCUT2D eigenvalue weighted by Gasteiger charge is 2.54. The molecule has 0 amide bonds. The van der Waals surface area contributed by atoms with Gasteiger partial charge in [0.15, 0.2) is 0 Å². The Morgan fingerprint density at radius 1 is 1.44 bits per heavy atom. The van der Waals surface area contributed by atoms with E-state index in [-0.39, 0.29) is 0 Å². The SMILES string of the molecule is CN(C)c1cccc(Br)c1C1(C(=O)O)CC1. The van der Waals surface area contributed by atoms with Gasteiger partial charge < -0.3 is 10.0 Å². The first-order valence-corrected chi connectivity index (χ1v) is 5.98. The zero-order chi connectivity index (χ0) is 11.9. The third-order valence-corrected chi connectivity index (χ3v) is 3.77. The van der Waals surface area contributed by atoms with Crippen LogP contribution in [0.1, 0.15) is 18.4 Å². The van der Waals surface area contributed by atoms with Gasteiger partial charge in [-0.25, -0.2) is 0 Å². The van der Waals surface area contributed by atoms with Crippen molar-refractivity contribution in [1.82, 2.24) is 0 Å². The van der Waals surface area contributed by atoms with E-state index in [1.54, 1.807) is 0 Å². The maximum absolute atomic E-state index is 11.4. The molecular formula is C12H14BrNO2. The summed E-state index contributed by atoms with van der Waals surface area (Å²) in [5.74, 6) is -0.720. The van der Waals surface area contributed by atoms with Crippen molar-refractivity contribution < 1.29 is 9.90 Å². The van der Waals surface area contributed by atoms with Crippen LogP contribution in [-0.2, 0) is 10.2 Å². The lowest BCUT2D eigenvalue weighted by Gasteiger charge is -2.22. The summed E-state index contributed by atoms with van der Waals surface area (Å²) >= 11 is 3.47. The molecule has 0 radical (unpaired) electrons. The molecule has 16 heavy (non-hydrogen) atoms. The summed E-state index contributed by atoms with van der Waals surface area (Å²) in [6.45, 7) is 0. The topological polar surface area (TPSA) is 40.5 Å². The Hall–Kier alpha value is -1.03. The van der Waals surface area contributed by atoms with Crippen LogP contribution in [0.2, 0.25) is 0 Å². The smallest absolute Gasteiger partial charge is 0.314 e. The molecule has 1 aromatic carbocycles. The fourth-order valence-corrected chi connectivity index (χ4v) is 2.79. The average molecular weight is 284 g/mol. The Balaban J connectivity index is 2.59. The zero-order valence-electron chi connectivity index (χ0n) is 9.33. The van der Waals surface area contributed by atoms with Crippen molar-refractivity contribution in [3.8, 4) is 0 Å². The van der Waals surface area contributed by atoms with Gasteiger partial charge in [-0.05, 0) is 25.0 Å². The van der Waals surface area contributed by atoms with Crippen molar-refractivity contribution in [2.24, 2.45) is 0 Å². The van der Waals surface area contributed by atoms with Crippen LogP contribution in [0.3, 0.4) is 0 Å². The molecule has 1 N–H and O–H groups in total. The predicted octanol–water partition coefficient (Wildman–Crippen LogP) is 2.63. The second-order valence-electron chi connectivity index (χ2n) is 4.42. The van der Waals surface area contributed by atoms with Gasteiger partial charge in [0, 0.05) is 29.8 Å². The molecule has 0 heterocycles. The monoisotopic (exact) mass is 283 g/mol. The molecular weight excluding hydrogens is 270 g/mol. The van der Waals surface area contributed by atoms with Gasteiger partial charge in [0.25, 0.3) is 0 Å². The fourth-order valence-electron chi connectivity index (χ4n) is 2.05. The number of aliphatic carboxylic acids is 1. The maximum Gasteiger partial charge on any atom is 0.314 e. The molecule has 4 heteroatoms. The lowest BCUT2D eigenvalue weighted by atomic mass is 9.94. The largest absolute Gasteiger partial charge is 0.481 e. The molecule has 0 unspecified atom stereocenters. The van der Waals surface area contributed by atoms with E-state index in [0.717, 1.165) is 28.6 Å². The van der Waals surface area contributed by atoms with Crippen molar-refractivity contribution in [3.63, 3.8) is 0 Å². The zero-order valence-corrected chi connectivity index (χ0v) is 10.9. The van der Waals surface area contributed by atoms with Gasteiger partial charge in [0.05, 0.1) is 5.41 Å². The molecule has 86 valence electrons. The van der Waals surface area contributed by atoms with Crippen LogP contribution < -0.4 is 4.90 Å². The predicted molar refractivity (Wildman–Crippen MR) is 67.0 cm³/mol. The lowest BCUT2D eigenvalue weighted by molar-refractivity contribution is -0.140. The Bertz CT molecular complexity index is 439. The number of rotatable bonds is 3. The van der Waals surface area contributed by atoms with Crippen molar-refractivity contribution in [2.45, 2.75) is 18.3 Å². The maximum atomic E-state index is 11.4. The van der Waals surface area contributed by atoms with Crippen molar-refractivity contribution >= 4 is 27.6 Å². The van der Waals surface area contributed by atoms with Crippen molar-refractivity contribution in [1.29, 1.82) is 0 Å². The third kappa shape index (κ3) is 1.61. The quantitative estimate of drug-likeness (QED) is 0.927. The molecule has 0 atom stereocenters. The van der Waals surface area contributed by atoms with E-state index in [1.165, 1.54) is 0 Å². The average Bonchev–Trinajstić information content (AvgIpc) is 2.98. The highest BCUT2D eigenvalue weighted by atomic mass is 79.9. The third-order valence-electron chi connectivity index (χ3n) is 3.11. The Labute approximate surface area is 103 Å². The number of carboxylic acid groups (broad SMARTS) is 1. The first kappa shape index (κ1) is 11.5.